The highest BCUT2D eigenvalue weighted by molar-refractivity contribution is 7.13. The number of aromatic nitrogens is 1. The number of likely N-dealkylation sites (tertiary alicyclic amines) is 1. The van der Waals surface area contributed by atoms with Crippen molar-refractivity contribution < 1.29 is 23.8 Å². The molecule has 29 heavy (non-hydrogen) atoms. The van der Waals surface area contributed by atoms with Crippen LogP contribution in [0.15, 0.2) is 23.6 Å². The van der Waals surface area contributed by atoms with Crippen molar-refractivity contribution in [1.82, 2.24) is 9.88 Å². The van der Waals surface area contributed by atoms with Crippen molar-refractivity contribution in [1.29, 1.82) is 0 Å². The molecule has 2 heterocycles. The van der Waals surface area contributed by atoms with Crippen LogP contribution in [0.3, 0.4) is 0 Å². The van der Waals surface area contributed by atoms with Gasteiger partial charge in [0, 0.05) is 24.5 Å². The fourth-order valence-corrected chi connectivity index (χ4v) is 3.99. The van der Waals surface area contributed by atoms with Crippen LogP contribution in [0.5, 0.6) is 11.5 Å². The Morgan fingerprint density at radius 1 is 1.21 bits per heavy atom. The number of benzene rings is 1. The fraction of sp³-hybridized carbons (Fsp3) is 0.450. The van der Waals surface area contributed by atoms with Gasteiger partial charge in [-0.15, -0.1) is 11.3 Å². The Morgan fingerprint density at radius 3 is 2.62 bits per heavy atom. The van der Waals surface area contributed by atoms with Gasteiger partial charge in [-0.25, -0.2) is 4.98 Å². The van der Waals surface area contributed by atoms with Gasteiger partial charge in [-0.05, 0) is 25.0 Å². The SMILES string of the molecule is COC(=O)C1CCN(C(=O)Cc2csc(Nc3cc(OC)ccc3OC)n2)CC1. The molecule has 1 aliphatic rings. The Bertz CT molecular complexity index is 862. The predicted octanol–water partition coefficient (Wildman–Crippen LogP) is 2.86. The monoisotopic (exact) mass is 419 g/mol. The van der Waals surface area contributed by atoms with Crippen LogP contribution in [0.2, 0.25) is 0 Å². The van der Waals surface area contributed by atoms with Crippen LogP contribution < -0.4 is 14.8 Å². The van der Waals surface area contributed by atoms with Gasteiger partial charge in [0.2, 0.25) is 5.91 Å². The molecule has 1 saturated heterocycles. The lowest BCUT2D eigenvalue weighted by Gasteiger charge is -2.30. The van der Waals surface area contributed by atoms with Gasteiger partial charge in [0.05, 0.1) is 45.0 Å². The van der Waals surface area contributed by atoms with Gasteiger partial charge in [0.25, 0.3) is 0 Å². The number of hydrogen-bond donors (Lipinski definition) is 1. The van der Waals surface area contributed by atoms with Crippen LogP contribution in [-0.2, 0) is 20.7 Å². The minimum Gasteiger partial charge on any atom is -0.497 e. The first-order valence-corrected chi connectivity index (χ1v) is 10.2. The van der Waals surface area contributed by atoms with E-state index in [1.807, 2.05) is 23.6 Å². The number of carbonyl (C=O) groups excluding carboxylic acids is 2. The summed E-state index contributed by atoms with van der Waals surface area (Å²) in [4.78, 5) is 30.5. The number of ether oxygens (including phenoxy) is 3. The zero-order valence-corrected chi connectivity index (χ0v) is 17.6. The van der Waals surface area contributed by atoms with Gasteiger partial charge in [0.1, 0.15) is 11.5 Å². The summed E-state index contributed by atoms with van der Waals surface area (Å²) in [5.41, 5.74) is 1.45. The lowest BCUT2D eigenvalue weighted by molar-refractivity contribution is -0.148. The molecule has 1 fully saturated rings. The first kappa shape index (κ1) is 20.9. The number of nitrogens with zero attached hydrogens (tertiary/aromatic N) is 2. The number of piperidine rings is 1. The van der Waals surface area contributed by atoms with E-state index in [-0.39, 0.29) is 24.2 Å². The average molecular weight is 420 g/mol. The lowest BCUT2D eigenvalue weighted by atomic mass is 9.97. The molecule has 0 atom stereocenters. The van der Waals surface area contributed by atoms with Crippen LogP contribution in [-0.4, -0.2) is 56.2 Å². The third-order valence-corrected chi connectivity index (χ3v) is 5.72. The van der Waals surface area contributed by atoms with Crippen molar-refractivity contribution in [2.45, 2.75) is 19.3 Å². The molecule has 2 aromatic rings. The van der Waals surface area contributed by atoms with Crippen LogP contribution >= 0.6 is 11.3 Å². The highest BCUT2D eigenvalue weighted by Gasteiger charge is 2.28. The van der Waals surface area contributed by atoms with E-state index >= 15 is 0 Å². The summed E-state index contributed by atoms with van der Waals surface area (Å²) in [6.45, 7) is 1.13. The number of methoxy groups -OCH3 is 3. The smallest absolute Gasteiger partial charge is 0.308 e. The molecule has 1 aromatic carbocycles. The Hall–Kier alpha value is -2.81. The van der Waals surface area contributed by atoms with Gasteiger partial charge in [-0.1, -0.05) is 0 Å². The standard InChI is InChI=1S/C20H25N3O5S/c1-26-15-4-5-17(27-2)16(11-15)22-20-21-14(12-29-20)10-18(24)23-8-6-13(7-9-23)19(25)28-3/h4-5,11-13H,6-10H2,1-3H3,(H,21,22). The van der Waals surface area contributed by atoms with Crippen LogP contribution in [0, 0.1) is 5.92 Å². The summed E-state index contributed by atoms with van der Waals surface area (Å²) in [6, 6.07) is 5.47. The maximum atomic E-state index is 12.6. The fourth-order valence-electron chi connectivity index (χ4n) is 3.27. The Labute approximate surface area is 173 Å². The molecule has 1 aromatic heterocycles. The molecule has 9 heteroatoms. The van der Waals surface area contributed by atoms with Crippen molar-refractivity contribution in [3.63, 3.8) is 0 Å². The van der Waals surface area contributed by atoms with Gasteiger partial charge >= 0.3 is 5.97 Å². The molecule has 1 aliphatic heterocycles. The number of rotatable bonds is 7. The molecule has 0 radical (unpaired) electrons. The van der Waals surface area contributed by atoms with Gasteiger partial charge in [0.15, 0.2) is 5.13 Å². The number of esters is 1. The second-order valence-electron chi connectivity index (χ2n) is 6.69. The van der Waals surface area contributed by atoms with E-state index in [1.54, 1.807) is 19.1 Å². The Kier molecular flexibility index (Phi) is 6.92. The highest BCUT2D eigenvalue weighted by atomic mass is 32.1. The first-order chi connectivity index (χ1) is 14.0. The maximum absolute atomic E-state index is 12.6. The molecule has 0 aliphatic carbocycles. The normalized spacial score (nSPS) is 14.4. The van der Waals surface area contributed by atoms with E-state index < -0.39 is 0 Å². The van der Waals surface area contributed by atoms with Gasteiger partial charge in [-0.2, -0.15) is 0 Å². The van der Waals surface area contributed by atoms with Crippen molar-refractivity contribution in [2.24, 2.45) is 5.92 Å². The third-order valence-electron chi connectivity index (χ3n) is 4.91. The molecular weight excluding hydrogens is 394 g/mol. The highest BCUT2D eigenvalue weighted by Crippen LogP contribution is 2.32. The van der Waals surface area contributed by atoms with Crippen molar-refractivity contribution in [2.75, 3.05) is 39.7 Å². The second kappa shape index (κ2) is 9.60. The molecule has 0 bridgehead atoms. The maximum Gasteiger partial charge on any atom is 0.308 e. The van der Waals surface area contributed by atoms with Crippen LogP contribution in [0.1, 0.15) is 18.5 Å². The predicted molar refractivity (Wildman–Crippen MR) is 110 cm³/mol. The Balaban J connectivity index is 1.58. The third kappa shape index (κ3) is 5.17. The number of amides is 1. The summed E-state index contributed by atoms with van der Waals surface area (Å²) in [7, 11) is 4.60. The number of nitrogens with one attached hydrogen (secondary N) is 1. The van der Waals surface area contributed by atoms with Crippen LogP contribution in [0.25, 0.3) is 0 Å². The number of carbonyl (C=O) groups is 2. The van der Waals surface area contributed by atoms with Gasteiger partial charge < -0.3 is 24.4 Å². The average Bonchev–Trinajstić information content (AvgIpc) is 3.19. The van der Waals surface area contributed by atoms with E-state index in [1.165, 1.54) is 18.4 Å². The minimum absolute atomic E-state index is 0.0177. The summed E-state index contributed by atoms with van der Waals surface area (Å²) < 4.78 is 15.4. The zero-order chi connectivity index (χ0) is 20.8. The van der Waals surface area contributed by atoms with E-state index in [0.29, 0.717) is 48.3 Å². The number of anilines is 2. The number of hydrogen-bond acceptors (Lipinski definition) is 8. The second-order valence-corrected chi connectivity index (χ2v) is 7.55. The first-order valence-electron chi connectivity index (χ1n) is 9.33. The van der Waals surface area contributed by atoms with E-state index in [9.17, 15) is 9.59 Å². The molecule has 1 N–H and O–H groups in total. The lowest BCUT2D eigenvalue weighted by Crippen LogP contribution is -2.41. The van der Waals surface area contributed by atoms with Crippen LogP contribution in [0.4, 0.5) is 10.8 Å². The molecule has 0 spiro atoms. The molecule has 3 rings (SSSR count). The summed E-state index contributed by atoms with van der Waals surface area (Å²) >= 11 is 1.42. The minimum atomic E-state index is -0.194. The van der Waals surface area contributed by atoms with E-state index in [0.717, 1.165) is 5.69 Å². The van der Waals surface area contributed by atoms with Gasteiger partial charge in [-0.3, -0.25) is 9.59 Å². The largest absolute Gasteiger partial charge is 0.497 e. The molecule has 0 saturated carbocycles. The topological polar surface area (TPSA) is 90.0 Å². The molecular formula is C20H25N3O5S. The molecule has 156 valence electrons. The summed E-state index contributed by atoms with van der Waals surface area (Å²) in [5, 5.41) is 5.76. The zero-order valence-electron chi connectivity index (χ0n) is 16.8. The van der Waals surface area contributed by atoms with Crippen molar-refractivity contribution in [3.05, 3.63) is 29.3 Å². The Morgan fingerprint density at radius 2 is 1.97 bits per heavy atom. The summed E-state index contributed by atoms with van der Waals surface area (Å²) in [5.74, 6) is 1.09. The van der Waals surface area contributed by atoms with E-state index in [2.05, 4.69) is 10.3 Å². The number of thiazole rings is 1. The molecule has 1 amide bonds. The van der Waals surface area contributed by atoms with E-state index in [4.69, 9.17) is 14.2 Å². The quantitative estimate of drug-likeness (QED) is 0.690. The molecule has 8 nitrogen and oxygen atoms in total. The molecule has 0 unspecified atom stereocenters. The summed E-state index contributed by atoms with van der Waals surface area (Å²) in [6.07, 6.45) is 1.51. The van der Waals surface area contributed by atoms with Crippen molar-refractivity contribution >= 4 is 34.0 Å². The van der Waals surface area contributed by atoms with Crippen molar-refractivity contribution in [3.8, 4) is 11.5 Å².